The van der Waals surface area contributed by atoms with Gasteiger partial charge < -0.3 is 14.5 Å². The van der Waals surface area contributed by atoms with E-state index in [4.69, 9.17) is 16.0 Å². The second-order valence-corrected chi connectivity index (χ2v) is 4.79. The number of carbonyl (C=O) groups excluding carboxylic acids is 1. The Bertz CT molecular complexity index is 594. The molecule has 1 atom stereocenters. The highest BCUT2D eigenvalue weighted by Crippen LogP contribution is 2.22. The van der Waals surface area contributed by atoms with Crippen molar-refractivity contribution < 1.29 is 13.9 Å². The Labute approximate surface area is 122 Å². The van der Waals surface area contributed by atoms with Gasteiger partial charge in [-0.25, -0.2) is 4.79 Å². The summed E-state index contributed by atoms with van der Waals surface area (Å²) in [6, 6.07) is 11.1. The first-order chi connectivity index (χ1) is 9.61. The SMILES string of the molecule is COC(=O)c1ccc(CN[C@@H](C)c2ccccc2Cl)o1. The third kappa shape index (κ3) is 3.40. The number of esters is 1. The fourth-order valence-corrected chi connectivity index (χ4v) is 2.17. The monoisotopic (exact) mass is 293 g/mol. The molecule has 106 valence electrons. The molecule has 0 bridgehead atoms. The van der Waals surface area contributed by atoms with Crippen LogP contribution in [0.5, 0.6) is 0 Å². The highest BCUT2D eigenvalue weighted by atomic mass is 35.5. The van der Waals surface area contributed by atoms with Crippen LogP contribution in [0.3, 0.4) is 0 Å². The highest BCUT2D eigenvalue weighted by molar-refractivity contribution is 6.31. The number of benzene rings is 1. The molecule has 0 saturated carbocycles. The highest BCUT2D eigenvalue weighted by Gasteiger charge is 2.13. The smallest absolute Gasteiger partial charge is 0.373 e. The minimum atomic E-state index is -0.476. The van der Waals surface area contributed by atoms with Crippen LogP contribution in [0.25, 0.3) is 0 Å². The Morgan fingerprint density at radius 3 is 2.80 bits per heavy atom. The molecule has 4 nitrogen and oxygen atoms in total. The van der Waals surface area contributed by atoms with Crippen LogP contribution in [0.4, 0.5) is 0 Å². The van der Waals surface area contributed by atoms with Crippen LogP contribution < -0.4 is 5.32 Å². The molecule has 0 aliphatic carbocycles. The summed E-state index contributed by atoms with van der Waals surface area (Å²) in [5, 5.41) is 4.02. The van der Waals surface area contributed by atoms with E-state index in [1.54, 1.807) is 12.1 Å². The van der Waals surface area contributed by atoms with E-state index >= 15 is 0 Å². The molecule has 0 fully saturated rings. The molecule has 0 amide bonds. The van der Waals surface area contributed by atoms with Crippen molar-refractivity contribution in [3.63, 3.8) is 0 Å². The average Bonchev–Trinajstić information content (AvgIpc) is 2.93. The Balaban J connectivity index is 1.97. The minimum absolute atomic E-state index is 0.0791. The summed E-state index contributed by atoms with van der Waals surface area (Å²) in [7, 11) is 1.32. The van der Waals surface area contributed by atoms with Gasteiger partial charge in [-0.1, -0.05) is 29.8 Å². The molecule has 1 heterocycles. The van der Waals surface area contributed by atoms with Crippen molar-refractivity contribution in [1.29, 1.82) is 0 Å². The number of nitrogens with one attached hydrogen (secondary N) is 1. The number of carbonyl (C=O) groups is 1. The summed E-state index contributed by atoms with van der Waals surface area (Å²) in [4.78, 5) is 11.3. The second-order valence-electron chi connectivity index (χ2n) is 4.38. The number of methoxy groups -OCH3 is 1. The van der Waals surface area contributed by atoms with Gasteiger partial charge in [-0.15, -0.1) is 0 Å². The van der Waals surface area contributed by atoms with E-state index in [0.717, 1.165) is 10.6 Å². The first-order valence-electron chi connectivity index (χ1n) is 6.26. The van der Waals surface area contributed by atoms with E-state index in [1.807, 2.05) is 31.2 Å². The lowest BCUT2D eigenvalue weighted by Gasteiger charge is -2.14. The number of halogens is 1. The lowest BCUT2D eigenvalue weighted by atomic mass is 10.1. The summed E-state index contributed by atoms with van der Waals surface area (Å²) < 4.78 is 9.97. The normalized spacial score (nSPS) is 12.2. The van der Waals surface area contributed by atoms with Crippen LogP contribution in [0, 0.1) is 0 Å². The van der Waals surface area contributed by atoms with Gasteiger partial charge in [-0.05, 0) is 30.7 Å². The molecule has 1 aromatic carbocycles. The average molecular weight is 294 g/mol. The van der Waals surface area contributed by atoms with E-state index < -0.39 is 5.97 Å². The second kappa shape index (κ2) is 6.59. The molecule has 0 unspecified atom stereocenters. The Morgan fingerprint density at radius 1 is 1.35 bits per heavy atom. The lowest BCUT2D eigenvalue weighted by molar-refractivity contribution is 0.0563. The molecule has 0 aliphatic heterocycles. The zero-order valence-corrected chi connectivity index (χ0v) is 12.1. The molecular weight excluding hydrogens is 278 g/mol. The summed E-state index contributed by atoms with van der Waals surface area (Å²) >= 11 is 6.14. The van der Waals surface area contributed by atoms with Crippen LogP contribution in [-0.2, 0) is 11.3 Å². The van der Waals surface area contributed by atoms with Gasteiger partial charge in [0.1, 0.15) is 5.76 Å². The first kappa shape index (κ1) is 14.6. The fourth-order valence-electron chi connectivity index (χ4n) is 1.87. The number of furan rings is 1. The maximum Gasteiger partial charge on any atom is 0.373 e. The maximum atomic E-state index is 11.3. The predicted molar refractivity (Wildman–Crippen MR) is 76.8 cm³/mol. The molecule has 0 radical (unpaired) electrons. The van der Waals surface area contributed by atoms with Crippen molar-refractivity contribution in [2.75, 3.05) is 7.11 Å². The predicted octanol–water partition coefficient (Wildman–Crippen LogP) is 3.57. The van der Waals surface area contributed by atoms with Gasteiger partial charge in [-0.3, -0.25) is 0 Å². The van der Waals surface area contributed by atoms with Crippen molar-refractivity contribution in [3.05, 3.63) is 58.5 Å². The van der Waals surface area contributed by atoms with E-state index in [2.05, 4.69) is 10.1 Å². The van der Waals surface area contributed by atoms with Gasteiger partial charge in [0, 0.05) is 11.1 Å². The van der Waals surface area contributed by atoms with Crippen molar-refractivity contribution in [2.45, 2.75) is 19.5 Å². The standard InChI is InChI=1S/C15H16ClNO3/c1-10(12-5-3-4-6-13(12)16)17-9-11-7-8-14(20-11)15(18)19-2/h3-8,10,17H,9H2,1-2H3/t10-/m0/s1. The third-order valence-corrected chi connectivity index (χ3v) is 3.35. The van der Waals surface area contributed by atoms with Gasteiger partial charge in [0.25, 0.3) is 0 Å². The lowest BCUT2D eigenvalue weighted by Crippen LogP contribution is -2.18. The number of hydrogen-bond acceptors (Lipinski definition) is 4. The fraction of sp³-hybridized carbons (Fsp3) is 0.267. The van der Waals surface area contributed by atoms with E-state index in [0.29, 0.717) is 12.3 Å². The molecule has 1 aromatic heterocycles. The molecule has 0 spiro atoms. The van der Waals surface area contributed by atoms with Gasteiger partial charge >= 0.3 is 5.97 Å². The summed E-state index contributed by atoms with van der Waals surface area (Å²) in [5.41, 5.74) is 1.02. The van der Waals surface area contributed by atoms with Crippen LogP contribution in [-0.4, -0.2) is 13.1 Å². The molecule has 0 aliphatic rings. The zero-order valence-electron chi connectivity index (χ0n) is 11.4. The van der Waals surface area contributed by atoms with Gasteiger partial charge in [0.05, 0.1) is 13.7 Å². The molecular formula is C15H16ClNO3. The Morgan fingerprint density at radius 2 is 2.10 bits per heavy atom. The molecule has 1 N–H and O–H groups in total. The van der Waals surface area contributed by atoms with Crippen molar-refractivity contribution >= 4 is 17.6 Å². The van der Waals surface area contributed by atoms with Crippen LogP contribution >= 0.6 is 11.6 Å². The summed E-state index contributed by atoms with van der Waals surface area (Å²) in [5.74, 6) is 0.398. The van der Waals surface area contributed by atoms with Crippen molar-refractivity contribution in [2.24, 2.45) is 0 Å². The molecule has 0 saturated heterocycles. The third-order valence-electron chi connectivity index (χ3n) is 3.00. The van der Waals surface area contributed by atoms with Crippen LogP contribution in [0.2, 0.25) is 5.02 Å². The van der Waals surface area contributed by atoms with Gasteiger partial charge in [0.2, 0.25) is 5.76 Å². The van der Waals surface area contributed by atoms with E-state index in [9.17, 15) is 4.79 Å². The number of rotatable bonds is 5. The van der Waals surface area contributed by atoms with E-state index in [1.165, 1.54) is 7.11 Å². The quantitative estimate of drug-likeness (QED) is 0.856. The van der Waals surface area contributed by atoms with Crippen LogP contribution in [0.15, 0.2) is 40.8 Å². The van der Waals surface area contributed by atoms with Crippen molar-refractivity contribution in [3.8, 4) is 0 Å². The molecule has 2 aromatic rings. The topological polar surface area (TPSA) is 51.5 Å². The Hall–Kier alpha value is -1.78. The minimum Gasteiger partial charge on any atom is -0.463 e. The largest absolute Gasteiger partial charge is 0.463 e. The molecule has 5 heteroatoms. The van der Waals surface area contributed by atoms with Gasteiger partial charge in [-0.2, -0.15) is 0 Å². The van der Waals surface area contributed by atoms with Gasteiger partial charge in [0.15, 0.2) is 0 Å². The number of hydrogen-bond donors (Lipinski definition) is 1. The first-order valence-corrected chi connectivity index (χ1v) is 6.64. The maximum absolute atomic E-state index is 11.3. The summed E-state index contributed by atoms with van der Waals surface area (Å²) in [6.45, 7) is 2.52. The zero-order chi connectivity index (χ0) is 14.5. The van der Waals surface area contributed by atoms with Crippen molar-refractivity contribution in [1.82, 2.24) is 5.32 Å². The Kier molecular flexibility index (Phi) is 4.82. The van der Waals surface area contributed by atoms with Crippen LogP contribution in [0.1, 0.15) is 34.8 Å². The molecule has 2 rings (SSSR count). The number of ether oxygens (including phenoxy) is 1. The molecule has 20 heavy (non-hydrogen) atoms. The van der Waals surface area contributed by atoms with E-state index in [-0.39, 0.29) is 11.8 Å². The summed E-state index contributed by atoms with van der Waals surface area (Å²) in [6.07, 6.45) is 0.